The predicted octanol–water partition coefficient (Wildman–Crippen LogP) is 5.64. The highest BCUT2D eigenvalue weighted by Crippen LogP contribution is 2.37. The van der Waals surface area contributed by atoms with Crippen molar-refractivity contribution in [2.24, 2.45) is 0 Å². The van der Waals surface area contributed by atoms with Crippen molar-refractivity contribution in [1.29, 1.82) is 5.26 Å². The molecule has 8 nitrogen and oxygen atoms in total. The molecule has 35 heavy (non-hydrogen) atoms. The highest BCUT2D eigenvalue weighted by molar-refractivity contribution is 7.15. The van der Waals surface area contributed by atoms with Gasteiger partial charge in [-0.1, -0.05) is 55.0 Å². The highest BCUT2D eigenvalue weighted by atomic mass is 35.5. The highest BCUT2D eigenvalue weighted by Gasteiger charge is 2.16. The van der Waals surface area contributed by atoms with Crippen LogP contribution < -0.4 is 19.5 Å². The van der Waals surface area contributed by atoms with Gasteiger partial charge in [0.15, 0.2) is 11.5 Å². The van der Waals surface area contributed by atoms with Crippen molar-refractivity contribution in [3.63, 3.8) is 0 Å². The molecule has 1 heterocycles. The van der Waals surface area contributed by atoms with Gasteiger partial charge in [0.2, 0.25) is 5.13 Å². The third kappa shape index (κ3) is 6.94. The molecule has 0 bridgehead atoms. The van der Waals surface area contributed by atoms with Gasteiger partial charge in [0.05, 0.1) is 12.1 Å². The summed E-state index contributed by atoms with van der Waals surface area (Å²) >= 11 is 7.69. The van der Waals surface area contributed by atoms with Gasteiger partial charge in [-0.25, -0.2) is 0 Å². The normalized spacial score (nSPS) is 11.2. The molecule has 0 unspecified atom stereocenters. The third-order valence-corrected chi connectivity index (χ3v) is 6.18. The largest absolute Gasteiger partial charge is 0.493 e. The maximum Gasteiger partial charge on any atom is 0.268 e. The van der Waals surface area contributed by atoms with Crippen LogP contribution in [0.1, 0.15) is 35.9 Å². The summed E-state index contributed by atoms with van der Waals surface area (Å²) in [7, 11) is 1.48. The molecule has 0 spiro atoms. The number of anilines is 1. The van der Waals surface area contributed by atoms with Gasteiger partial charge in [0, 0.05) is 5.92 Å². The number of halogens is 1. The number of hydrogen-bond acceptors (Lipinski definition) is 8. The van der Waals surface area contributed by atoms with Crippen molar-refractivity contribution in [3.05, 3.63) is 63.1 Å². The van der Waals surface area contributed by atoms with Gasteiger partial charge in [0.1, 0.15) is 35.6 Å². The average molecular weight is 513 g/mol. The Balaban J connectivity index is 1.69. The molecule has 0 saturated carbocycles. The fourth-order valence-electron chi connectivity index (χ4n) is 2.98. The molecule has 1 N–H and O–H groups in total. The third-order valence-electron chi connectivity index (χ3n) is 4.76. The Morgan fingerprint density at radius 1 is 1.20 bits per heavy atom. The maximum absolute atomic E-state index is 12.6. The first-order valence-corrected chi connectivity index (χ1v) is 12.0. The molecular weight excluding hydrogens is 488 g/mol. The van der Waals surface area contributed by atoms with E-state index in [1.807, 2.05) is 51.1 Å². The number of aromatic nitrogens is 2. The van der Waals surface area contributed by atoms with Crippen LogP contribution in [0.5, 0.6) is 17.2 Å². The summed E-state index contributed by atoms with van der Waals surface area (Å²) in [6.45, 7) is 6.48. The SMILES string of the molecule is COc1cc(/C=C(/C#N)C(=O)Nc2nnc(C(C)C)s2)cc(Cl)c1OCCOc1ccccc1C. The minimum atomic E-state index is -0.595. The first kappa shape index (κ1) is 26.0. The van der Waals surface area contributed by atoms with Gasteiger partial charge >= 0.3 is 0 Å². The molecule has 0 radical (unpaired) electrons. The van der Waals surface area contributed by atoms with E-state index in [4.69, 9.17) is 25.8 Å². The lowest BCUT2D eigenvalue weighted by atomic mass is 10.1. The van der Waals surface area contributed by atoms with Crippen molar-refractivity contribution < 1.29 is 19.0 Å². The number of rotatable bonds is 10. The number of nitriles is 1. The lowest BCUT2D eigenvalue weighted by Crippen LogP contribution is -2.13. The predicted molar refractivity (Wildman–Crippen MR) is 136 cm³/mol. The lowest BCUT2D eigenvalue weighted by Gasteiger charge is -2.14. The van der Waals surface area contributed by atoms with E-state index < -0.39 is 5.91 Å². The van der Waals surface area contributed by atoms with Crippen LogP contribution in [0.25, 0.3) is 6.08 Å². The zero-order valence-electron chi connectivity index (χ0n) is 19.8. The molecule has 0 saturated heterocycles. The fraction of sp³-hybridized carbons (Fsp3) is 0.280. The van der Waals surface area contributed by atoms with E-state index in [0.29, 0.717) is 28.8 Å². The number of carbonyl (C=O) groups is 1. The first-order valence-electron chi connectivity index (χ1n) is 10.8. The van der Waals surface area contributed by atoms with E-state index in [9.17, 15) is 10.1 Å². The minimum absolute atomic E-state index is 0.121. The summed E-state index contributed by atoms with van der Waals surface area (Å²) in [4.78, 5) is 12.6. The Labute approximate surface area is 213 Å². The van der Waals surface area contributed by atoms with Crippen LogP contribution in [0.15, 0.2) is 42.0 Å². The zero-order chi connectivity index (χ0) is 25.4. The number of methoxy groups -OCH3 is 1. The van der Waals surface area contributed by atoms with Crippen LogP contribution in [0, 0.1) is 18.3 Å². The van der Waals surface area contributed by atoms with Gasteiger partial charge in [-0.05, 0) is 42.3 Å². The zero-order valence-corrected chi connectivity index (χ0v) is 21.4. The number of hydrogen-bond donors (Lipinski definition) is 1. The van der Waals surface area contributed by atoms with Crippen LogP contribution in [-0.2, 0) is 4.79 Å². The molecule has 0 fully saturated rings. The fourth-order valence-corrected chi connectivity index (χ4v) is 3.99. The number of nitrogens with zero attached hydrogens (tertiary/aromatic N) is 3. The number of nitrogens with one attached hydrogen (secondary N) is 1. The Morgan fingerprint density at radius 3 is 2.60 bits per heavy atom. The van der Waals surface area contributed by atoms with Crippen molar-refractivity contribution in [2.75, 3.05) is 25.6 Å². The molecule has 0 aliphatic carbocycles. The molecule has 10 heteroatoms. The topological polar surface area (TPSA) is 106 Å². The molecule has 1 amide bonds. The Bertz CT molecular complexity index is 1270. The Morgan fingerprint density at radius 2 is 1.94 bits per heavy atom. The average Bonchev–Trinajstić information content (AvgIpc) is 3.30. The van der Waals surface area contributed by atoms with E-state index in [2.05, 4.69) is 15.5 Å². The number of carbonyl (C=O) groups excluding carboxylic acids is 1. The van der Waals surface area contributed by atoms with Crippen LogP contribution in [-0.4, -0.2) is 36.4 Å². The summed E-state index contributed by atoms with van der Waals surface area (Å²) in [5.74, 6) is 1.09. The molecule has 2 aromatic carbocycles. The van der Waals surface area contributed by atoms with E-state index in [1.165, 1.54) is 24.5 Å². The van der Waals surface area contributed by atoms with E-state index >= 15 is 0 Å². The lowest BCUT2D eigenvalue weighted by molar-refractivity contribution is -0.112. The monoisotopic (exact) mass is 512 g/mol. The summed E-state index contributed by atoms with van der Waals surface area (Å²) in [6, 6.07) is 12.8. The molecule has 0 aliphatic heterocycles. The van der Waals surface area contributed by atoms with Gasteiger partial charge < -0.3 is 14.2 Å². The summed E-state index contributed by atoms with van der Waals surface area (Å²) in [6.07, 6.45) is 1.42. The second kappa shape index (κ2) is 12.2. The Kier molecular flexibility index (Phi) is 9.06. The number of amides is 1. The number of para-hydroxylation sites is 1. The van der Waals surface area contributed by atoms with Crippen molar-refractivity contribution in [1.82, 2.24) is 10.2 Å². The van der Waals surface area contributed by atoms with Crippen LogP contribution >= 0.6 is 22.9 Å². The molecular formula is C25H25ClN4O4S. The minimum Gasteiger partial charge on any atom is -0.493 e. The molecule has 3 aromatic rings. The first-order chi connectivity index (χ1) is 16.8. The second-order valence-electron chi connectivity index (χ2n) is 7.72. The Hall–Kier alpha value is -3.61. The van der Waals surface area contributed by atoms with Crippen LogP contribution in [0.3, 0.4) is 0 Å². The molecule has 1 aromatic heterocycles. The van der Waals surface area contributed by atoms with Crippen LogP contribution in [0.2, 0.25) is 5.02 Å². The van der Waals surface area contributed by atoms with Crippen molar-refractivity contribution in [2.45, 2.75) is 26.7 Å². The quantitative estimate of drug-likeness (QED) is 0.213. The van der Waals surface area contributed by atoms with E-state index in [1.54, 1.807) is 12.1 Å². The summed E-state index contributed by atoms with van der Waals surface area (Å²) in [5.41, 5.74) is 1.41. The molecule has 0 aliphatic rings. The number of ether oxygens (including phenoxy) is 3. The standard InChI is InChI=1S/C25H25ClN4O4S/c1-15(2)24-29-30-25(35-24)28-23(31)18(14-27)11-17-12-19(26)22(21(13-17)32-4)34-10-9-33-20-8-6-5-7-16(20)3/h5-8,11-13,15H,9-10H2,1-4H3,(H,28,30,31)/b18-11-. The molecule has 0 atom stereocenters. The van der Waals surface area contributed by atoms with E-state index in [0.717, 1.165) is 16.3 Å². The van der Waals surface area contributed by atoms with Gasteiger partial charge in [-0.2, -0.15) is 5.26 Å². The van der Waals surface area contributed by atoms with Crippen molar-refractivity contribution >= 4 is 40.1 Å². The maximum atomic E-state index is 12.6. The number of aryl methyl sites for hydroxylation is 1. The van der Waals surface area contributed by atoms with Gasteiger partial charge in [-0.3, -0.25) is 10.1 Å². The van der Waals surface area contributed by atoms with Crippen molar-refractivity contribution in [3.8, 4) is 23.3 Å². The van der Waals surface area contributed by atoms with E-state index in [-0.39, 0.29) is 23.1 Å². The number of benzene rings is 2. The van der Waals surface area contributed by atoms with Gasteiger partial charge in [0.25, 0.3) is 5.91 Å². The summed E-state index contributed by atoms with van der Waals surface area (Å²) in [5, 5.41) is 21.5. The van der Waals surface area contributed by atoms with Gasteiger partial charge in [-0.15, -0.1) is 10.2 Å². The summed E-state index contributed by atoms with van der Waals surface area (Å²) < 4.78 is 17.0. The molecule has 3 rings (SSSR count). The smallest absolute Gasteiger partial charge is 0.268 e. The second-order valence-corrected chi connectivity index (χ2v) is 9.14. The molecule has 182 valence electrons. The van der Waals surface area contributed by atoms with Crippen LogP contribution in [0.4, 0.5) is 5.13 Å².